The van der Waals surface area contributed by atoms with Crippen LogP contribution in [0.3, 0.4) is 0 Å². The van der Waals surface area contributed by atoms with E-state index in [1.807, 2.05) is 51.1 Å². The van der Waals surface area contributed by atoms with Gasteiger partial charge in [-0.25, -0.2) is 4.68 Å². The number of aromatic nitrogens is 2. The lowest BCUT2D eigenvalue weighted by Crippen LogP contribution is -2.44. The van der Waals surface area contributed by atoms with Gasteiger partial charge in [0.15, 0.2) is 0 Å². The summed E-state index contributed by atoms with van der Waals surface area (Å²) in [6.45, 7) is 6.08. The Balaban J connectivity index is 1.99. The number of aryl methyl sites for hydroxylation is 1. The first-order valence-corrected chi connectivity index (χ1v) is 8.77. The summed E-state index contributed by atoms with van der Waals surface area (Å²) in [6.07, 6.45) is 0. The molecule has 3 N–H and O–H groups in total. The van der Waals surface area contributed by atoms with E-state index >= 15 is 0 Å². The highest BCUT2D eigenvalue weighted by molar-refractivity contribution is 7.20. The Kier molecular flexibility index (Phi) is 4.38. The predicted molar refractivity (Wildman–Crippen MR) is 99.3 cm³/mol. The summed E-state index contributed by atoms with van der Waals surface area (Å²) in [4.78, 5) is 13.9. The molecule has 126 valence electrons. The third-order valence-corrected chi connectivity index (χ3v) is 4.98. The van der Waals surface area contributed by atoms with Crippen LogP contribution in [-0.4, -0.2) is 27.8 Å². The number of hydrogen-bond donors (Lipinski definition) is 2. The van der Waals surface area contributed by atoms with E-state index < -0.39 is 5.54 Å². The maximum atomic E-state index is 12.4. The second-order valence-corrected chi connectivity index (χ2v) is 7.89. The van der Waals surface area contributed by atoms with Crippen molar-refractivity contribution in [2.45, 2.75) is 26.3 Å². The summed E-state index contributed by atoms with van der Waals surface area (Å²) in [5.41, 5.74) is 7.13. The van der Waals surface area contributed by atoms with Crippen LogP contribution in [0.1, 0.15) is 29.2 Å². The Bertz CT molecular complexity index is 907. The molecule has 5 nitrogen and oxygen atoms in total. The molecule has 7 heteroatoms. The molecular formula is C17H19ClN4OS. The van der Waals surface area contributed by atoms with E-state index in [9.17, 15) is 4.79 Å². The van der Waals surface area contributed by atoms with Crippen molar-refractivity contribution >= 4 is 39.1 Å². The highest BCUT2D eigenvalue weighted by Gasteiger charge is 2.19. The molecule has 3 aromatic rings. The Morgan fingerprint density at radius 2 is 2.12 bits per heavy atom. The largest absolute Gasteiger partial charge is 0.350 e. The first kappa shape index (κ1) is 17.0. The van der Waals surface area contributed by atoms with Crippen molar-refractivity contribution in [2.75, 3.05) is 6.54 Å². The lowest BCUT2D eigenvalue weighted by molar-refractivity contribution is 0.0950. The number of thiophene rings is 1. The van der Waals surface area contributed by atoms with Crippen molar-refractivity contribution in [3.63, 3.8) is 0 Å². The highest BCUT2D eigenvalue weighted by atomic mass is 35.5. The number of halogens is 1. The van der Waals surface area contributed by atoms with Gasteiger partial charge in [-0.1, -0.05) is 23.7 Å². The molecule has 0 spiro atoms. The summed E-state index contributed by atoms with van der Waals surface area (Å²) in [6, 6.07) is 9.39. The zero-order valence-corrected chi connectivity index (χ0v) is 15.3. The van der Waals surface area contributed by atoms with Crippen LogP contribution < -0.4 is 11.1 Å². The van der Waals surface area contributed by atoms with Crippen molar-refractivity contribution in [3.05, 3.63) is 45.9 Å². The minimum absolute atomic E-state index is 0.125. The molecule has 0 aliphatic heterocycles. The third-order valence-electron chi connectivity index (χ3n) is 3.55. The monoisotopic (exact) mass is 362 g/mol. The average molecular weight is 363 g/mol. The van der Waals surface area contributed by atoms with E-state index in [-0.39, 0.29) is 5.91 Å². The first-order chi connectivity index (χ1) is 11.3. The molecular weight excluding hydrogens is 344 g/mol. The summed E-state index contributed by atoms with van der Waals surface area (Å²) in [5, 5.41) is 9.00. The first-order valence-electron chi connectivity index (χ1n) is 7.57. The zero-order valence-electron chi connectivity index (χ0n) is 13.8. The Labute approximate surface area is 149 Å². The van der Waals surface area contributed by atoms with Gasteiger partial charge < -0.3 is 11.1 Å². The second-order valence-electron chi connectivity index (χ2n) is 6.45. The molecule has 0 unspecified atom stereocenters. The van der Waals surface area contributed by atoms with Crippen molar-refractivity contribution in [3.8, 4) is 5.69 Å². The summed E-state index contributed by atoms with van der Waals surface area (Å²) < 4.78 is 1.79. The van der Waals surface area contributed by atoms with E-state index in [1.165, 1.54) is 11.3 Å². The smallest absolute Gasteiger partial charge is 0.261 e. The van der Waals surface area contributed by atoms with Gasteiger partial charge in [0.25, 0.3) is 5.91 Å². The maximum Gasteiger partial charge on any atom is 0.261 e. The number of nitrogens with zero attached hydrogens (tertiary/aromatic N) is 2. The van der Waals surface area contributed by atoms with Gasteiger partial charge in [-0.05, 0) is 39.0 Å². The number of amides is 1. The Morgan fingerprint density at radius 3 is 2.79 bits per heavy atom. The van der Waals surface area contributed by atoms with Gasteiger partial charge in [0.05, 0.1) is 21.3 Å². The molecule has 1 amide bonds. The molecule has 3 rings (SSSR count). The Hall–Kier alpha value is -1.89. The van der Waals surface area contributed by atoms with E-state index in [0.29, 0.717) is 16.4 Å². The molecule has 0 aliphatic rings. The standard InChI is InChI=1S/C17H19ClN4OS/c1-10-11-8-14(15(23)20-9-17(2,3)19)24-16(11)22(21-10)13-7-5-4-6-12(13)18/h4-8H,9,19H2,1-3H3,(H,20,23). The average Bonchev–Trinajstić information content (AvgIpc) is 3.06. The molecule has 0 saturated carbocycles. The second kappa shape index (κ2) is 6.20. The van der Waals surface area contributed by atoms with Gasteiger partial charge >= 0.3 is 0 Å². The minimum Gasteiger partial charge on any atom is -0.350 e. The highest BCUT2D eigenvalue weighted by Crippen LogP contribution is 2.32. The van der Waals surface area contributed by atoms with Crippen LogP contribution in [0.2, 0.25) is 5.02 Å². The molecule has 0 fully saturated rings. The van der Waals surface area contributed by atoms with Gasteiger partial charge in [-0.15, -0.1) is 11.3 Å². The molecule has 24 heavy (non-hydrogen) atoms. The molecule has 0 aliphatic carbocycles. The molecule has 0 saturated heterocycles. The van der Waals surface area contributed by atoms with Crippen LogP contribution in [0.15, 0.2) is 30.3 Å². The van der Waals surface area contributed by atoms with Gasteiger partial charge in [0.1, 0.15) is 4.83 Å². The molecule has 0 radical (unpaired) electrons. The van der Waals surface area contributed by atoms with Crippen molar-refractivity contribution < 1.29 is 4.79 Å². The van der Waals surface area contributed by atoms with Gasteiger partial charge in [-0.2, -0.15) is 5.10 Å². The number of carbonyl (C=O) groups is 1. The molecule has 0 bridgehead atoms. The molecule has 2 aromatic heterocycles. The molecule has 0 atom stereocenters. The summed E-state index contributed by atoms with van der Waals surface area (Å²) in [7, 11) is 0. The SMILES string of the molecule is Cc1nn(-c2ccccc2Cl)c2sc(C(=O)NCC(C)(C)N)cc12. The topological polar surface area (TPSA) is 72.9 Å². The van der Waals surface area contributed by atoms with Crippen LogP contribution >= 0.6 is 22.9 Å². The lowest BCUT2D eigenvalue weighted by atomic mass is 10.1. The van der Waals surface area contributed by atoms with Crippen LogP contribution in [0.25, 0.3) is 15.9 Å². The van der Waals surface area contributed by atoms with Crippen LogP contribution in [-0.2, 0) is 0 Å². The number of nitrogens with one attached hydrogen (secondary N) is 1. The van der Waals surface area contributed by atoms with Crippen molar-refractivity contribution in [1.29, 1.82) is 0 Å². The van der Waals surface area contributed by atoms with Crippen LogP contribution in [0, 0.1) is 6.92 Å². The normalized spacial score (nSPS) is 11.9. The van der Waals surface area contributed by atoms with E-state index in [4.69, 9.17) is 17.3 Å². The quantitative estimate of drug-likeness (QED) is 0.745. The van der Waals surface area contributed by atoms with Gasteiger partial charge in [0, 0.05) is 17.5 Å². The van der Waals surface area contributed by atoms with E-state index in [2.05, 4.69) is 10.4 Å². The fraction of sp³-hybridized carbons (Fsp3) is 0.294. The number of nitrogens with two attached hydrogens (primary N) is 1. The zero-order chi connectivity index (χ0) is 17.5. The third kappa shape index (κ3) is 3.31. The number of para-hydroxylation sites is 1. The fourth-order valence-electron chi connectivity index (χ4n) is 2.34. The number of benzene rings is 1. The number of hydrogen-bond acceptors (Lipinski definition) is 4. The molecule has 1 aromatic carbocycles. The van der Waals surface area contributed by atoms with Gasteiger partial charge in [-0.3, -0.25) is 4.79 Å². The fourth-order valence-corrected chi connectivity index (χ4v) is 3.65. The van der Waals surface area contributed by atoms with E-state index in [0.717, 1.165) is 21.6 Å². The predicted octanol–water partition coefficient (Wildman–Crippen LogP) is 3.52. The number of fused-ring (bicyclic) bond motifs is 1. The van der Waals surface area contributed by atoms with Crippen molar-refractivity contribution in [1.82, 2.24) is 15.1 Å². The summed E-state index contributed by atoms with van der Waals surface area (Å²) >= 11 is 7.68. The maximum absolute atomic E-state index is 12.4. The number of carbonyl (C=O) groups excluding carboxylic acids is 1. The Morgan fingerprint density at radius 1 is 1.42 bits per heavy atom. The minimum atomic E-state index is -0.448. The van der Waals surface area contributed by atoms with E-state index in [1.54, 1.807) is 4.68 Å². The number of rotatable bonds is 4. The van der Waals surface area contributed by atoms with Crippen LogP contribution in [0.4, 0.5) is 0 Å². The summed E-state index contributed by atoms with van der Waals surface area (Å²) in [5.74, 6) is -0.125. The van der Waals surface area contributed by atoms with Crippen LogP contribution in [0.5, 0.6) is 0 Å². The van der Waals surface area contributed by atoms with Gasteiger partial charge in [0.2, 0.25) is 0 Å². The van der Waals surface area contributed by atoms with Crippen molar-refractivity contribution in [2.24, 2.45) is 5.73 Å². The lowest BCUT2D eigenvalue weighted by Gasteiger charge is -2.18. The molecule has 2 heterocycles.